The van der Waals surface area contributed by atoms with Crippen LogP contribution in [0.2, 0.25) is 0 Å². The van der Waals surface area contributed by atoms with Crippen molar-refractivity contribution in [1.82, 2.24) is 4.90 Å². The zero-order valence-corrected chi connectivity index (χ0v) is 21.0. The first-order chi connectivity index (χ1) is 14.2. The lowest BCUT2D eigenvalue weighted by Gasteiger charge is -2.23. The van der Waals surface area contributed by atoms with E-state index in [1.807, 2.05) is 39.0 Å². The van der Waals surface area contributed by atoms with Crippen molar-refractivity contribution in [2.75, 3.05) is 14.1 Å². The van der Waals surface area contributed by atoms with Gasteiger partial charge in [0.15, 0.2) is 0 Å². The van der Waals surface area contributed by atoms with Crippen LogP contribution >= 0.6 is 0 Å². The minimum absolute atomic E-state index is 0.486. The number of aryl methyl sites for hydroxylation is 1. The van der Waals surface area contributed by atoms with Gasteiger partial charge in [0.2, 0.25) is 0 Å². The molecule has 0 unspecified atom stereocenters. The van der Waals surface area contributed by atoms with Gasteiger partial charge >= 0.3 is 0 Å². The molecule has 0 fully saturated rings. The van der Waals surface area contributed by atoms with Gasteiger partial charge in [-0.25, -0.2) is 0 Å². The maximum absolute atomic E-state index is 8.58. The quantitative estimate of drug-likeness (QED) is 0.344. The van der Waals surface area contributed by atoms with Crippen molar-refractivity contribution in [1.29, 1.82) is 5.26 Å². The Kier molecular flexibility index (Phi) is 17.0. The normalized spacial score (nSPS) is 11.9. The number of nitrogens with zero attached hydrogens (tertiary/aromatic N) is 3. The predicted molar refractivity (Wildman–Crippen MR) is 135 cm³/mol. The van der Waals surface area contributed by atoms with Crippen LogP contribution in [0.4, 0.5) is 0 Å². The van der Waals surface area contributed by atoms with Gasteiger partial charge < -0.3 is 4.90 Å². The molecule has 0 atom stereocenters. The van der Waals surface area contributed by atoms with Crippen LogP contribution in [0.5, 0.6) is 0 Å². The zero-order chi connectivity index (χ0) is 23.7. The highest BCUT2D eigenvalue weighted by atomic mass is 15.1. The lowest BCUT2D eigenvalue weighted by atomic mass is 9.90. The third-order valence-electron chi connectivity index (χ3n) is 4.50. The van der Waals surface area contributed by atoms with E-state index < -0.39 is 0 Å². The van der Waals surface area contributed by atoms with Gasteiger partial charge in [-0.1, -0.05) is 65.8 Å². The molecule has 0 saturated heterocycles. The summed E-state index contributed by atoms with van der Waals surface area (Å²) < 4.78 is 0. The summed E-state index contributed by atoms with van der Waals surface area (Å²) in [6.07, 6.45) is 5.98. The number of allylic oxidation sites excluding steroid dienone is 4. The first-order valence-corrected chi connectivity index (χ1v) is 10.9. The molecule has 0 aliphatic heterocycles. The Balaban J connectivity index is 0. The average molecular weight is 410 g/mol. The molecule has 3 nitrogen and oxygen atoms in total. The Morgan fingerprint density at radius 1 is 1.23 bits per heavy atom. The summed E-state index contributed by atoms with van der Waals surface area (Å²) in [5, 5.41) is 8.58. The third-order valence-corrected chi connectivity index (χ3v) is 4.50. The molecule has 1 aromatic rings. The Morgan fingerprint density at radius 2 is 1.83 bits per heavy atom. The van der Waals surface area contributed by atoms with Gasteiger partial charge in [-0.2, -0.15) is 5.26 Å². The van der Waals surface area contributed by atoms with Crippen molar-refractivity contribution in [3.63, 3.8) is 0 Å². The molecule has 0 aliphatic rings. The smallest absolute Gasteiger partial charge is 0.0991 e. The molecule has 0 N–H and O–H groups in total. The number of hydrogen-bond donors (Lipinski definition) is 0. The van der Waals surface area contributed by atoms with Crippen LogP contribution in [0.3, 0.4) is 0 Å². The minimum atomic E-state index is 0.486. The van der Waals surface area contributed by atoms with Gasteiger partial charge in [0.05, 0.1) is 11.6 Å². The maximum atomic E-state index is 8.58. The van der Waals surface area contributed by atoms with E-state index in [9.17, 15) is 0 Å². The zero-order valence-electron chi connectivity index (χ0n) is 21.0. The largest absolute Gasteiger partial charge is 0.381 e. The monoisotopic (exact) mass is 409 g/mol. The third kappa shape index (κ3) is 10.8. The molecule has 0 saturated carbocycles. The van der Waals surface area contributed by atoms with Gasteiger partial charge in [-0.15, -0.1) is 0 Å². The van der Waals surface area contributed by atoms with Crippen LogP contribution in [0.15, 0.2) is 65.0 Å². The maximum Gasteiger partial charge on any atom is 0.0991 e. The van der Waals surface area contributed by atoms with Crippen molar-refractivity contribution in [3.8, 4) is 6.07 Å². The second-order valence-electron chi connectivity index (χ2n) is 7.21. The van der Waals surface area contributed by atoms with Crippen LogP contribution in [0, 0.1) is 17.2 Å². The van der Waals surface area contributed by atoms with Crippen LogP contribution in [-0.4, -0.2) is 24.7 Å². The summed E-state index contributed by atoms with van der Waals surface area (Å²) in [5.74, 6) is 0.486. The molecule has 1 rings (SSSR count). The Labute approximate surface area is 186 Å². The van der Waals surface area contributed by atoms with Crippen molar-refractivity contribution in [3.05, 3.63) is 71.1 Å². The molecule has 0 radical (unpaired) electrons. The summed E-state index contributed by atoms with van der Waals surface area (Å²) >= 11 is 0. The van der Waals surface area contributed by atoms with E-state index >= 15 is 0 Å². The number of hydrogen-bond acceptors (Lipinski definition) is 3. The molecule has 30 heavy (non-hydrogen) atoms. The standard InChI is InChI=1S/C15H26N2.C10H11N.C2H6/c1-9-14(11(3)4)15(12(5)16-10-2)13(6)17(7)8;1-2-4-9-5-3-6-10(7-9)8-11;1-2/h9-11H,2H2,1,3-8H3;3,5-7H,2,4H2,1H3;1-2H3/b14-9-,15-13-,16-12?;;. The molecule has 0 spiro atoms. The highest BCUT2D eigenvalue weighted by molar-refractivity contribution is 6.03. The molecular weight excluding hydrogens is 366 g/mol. The van der Waals surface area contributed by atoms with Gasteiger partial charge in [0, 0.05) is 37.3 Å². The van der Waals surface area contributed by atoms with Gasteiger partial charge in [-0.05, 0) is 56.4 Å². The summed E-state index contributed by atoms with van der Waals surface area (Å²) in [6.45, 7) is 20.5. The van der Waals surface area contributed by atoms with E-state index in [-0.39, 0.29) is 0 Å². The second-order valence-corrected chi connectivity index (χ2v) is 7.21. The number of nitriles is 1. The second kappa shape index (κ2) is 17.3. The molecule has 0 aliphatic carbocycles. The predicted octanol–water partition coefficient (Wildman–Crippen LogP) is 7.57. The van der Waals surface area contributed by atoms with E-state index in [1.54, 1.807) is 6.20 Å². The van der Waals surface area contributed by atoms with E-state index in [4.69, 9.17) is 5.26 Å². The first kappa shape index (κ1) is 29.6. The molecule has 0 heterocycles. The Morgan fingerprint density at radius 3 is 2.23 bits per heavy atom. The Bertz CT molecular complexity index is 757. The molecule has 0 bridgehead atoms. The van der Waals surface area contributed by atoms with Crippen molar-refractivity contribution < 1.29 is 0 Å². The van der Waals surface area contributed by atoms with Crippen LogP contribution in [0.25, 0.3) is 0 Å². The highest BCUT2D eigenvalue weighted by Gasteiger charge is 2.15. The fourth-order valence-electron chi connectivity index (χ4n) is 2.96. The lowest BCUT2D eigenvalue weighted by Crippen LogP contribution is -2.17. The van der Waals surface area contributed by atoms with Crippen molar-refractivity contribution in [2.24, 2.45) is 10.9 Å². The number of benzene rings is 1. The highest BCUT2D eigenvalue weighted by Crippen LogP contribution is 2.25. The molecule has 166 valence electrons. The van der Waals surface area contributed by atoms with Crippen molar-refractivity contribution in [2.45, 2.75) is 68.2 Å². The average Bonchev–Trinajstić information content (AvgIpc) is 2.73. The van der Waals surface area contributed by atoms with Crippen molar-refractivity contribution >= 4 is 5.71 Å². The van der Waals surface area contributed by atoms with Gasteiger partial charge in [0.25, 0.3) is 0 Å². The van der Waals surface area contributed by atoms with Gasteiger partial charge in [-0.3, -0.25) is 4.99 Å². The minimum Gasteiger partial charge on any atom is -0.381 e. The van der Waals surface area contributed by atoms with Crippen LogP contribution in [0.1, 0.15) is 72.9 Å². The molecular formula is C27H43N3. The SMILES string of the molecule is C=CN=C(C)C(/C(=C\C)C(C)C)=C(\C)N(C)C.CC.CCCc1cccc(C#N)c1. The van der Waals surface area contributed by atoms with E-state index in [1.165, 1.54) is 22.4 Å². The first-order valence-electron chi connectivity index (χ1n) is 10.9. The van der Waals surface area contributed by atoms with Crippen LogP contribution in [-0.2, 0) is 6.42 Å². The summed E-state index contributed by atoms with van der Waals surface area (Å²) in [6, 6.07) is 9.90. The van der Waals surface area contributed by atoms with Crippen LogP contribution < -0.4 is 0 Å². The molecule has 0 amide bonds. The fourth-order valence-corrected chi connectivity index (χ4v) is 2.96. The summed E-state index contributed by atoms with van der Waals surface area (Å²) in [4.78, 5) is 6.46. The number of aliphatic imine (C=N–C) groups is 1. The van der Waals surface area contributed by atoms with E-state index in [2.05, 4.69) is 83.4 Å². The summed E-state index contributed by atoms with van der Waals surface area (Å²) in [7, 11) is 4.12. The Hall–Kier alpha value is -2.60. The molecule has 3 heteroatoms. The molecule has 0 aromatic heterocycles. The summed E-state index contributed by atoms with van der Waals surface area (Å²) in [5.41, 5.74) is 6.83. The van der Waals surface area contributed by atoms with E-state index in [0.29, 0.717) is 5.92 Å². The topological polar surface area (TPSA) is 39.4 Å². The molecule has 1 aromatic carbocycles. The van der Waals surface area contributed by atoms with E-state index in [0.717, 1.165) is 24.1 Å². The fraction of sp³-hybridized carbons (Fsp3) is 0.481. The lowest BCUT2D eigenvalue weighted by molar-refractivity contribution is 0.509. The van der Waals surface area contributed by atoms with Gasteiger partial charge in [0.1, 0.15) is 0 Å². The number of rotatable bonds is 7.